The molecule has 7 heteroatoms. The molecule has 3 aromatic rings. The van der Waals surface area contributed by atoms with Gasteiger partial charge in [0.15, 0.2) is 0 Å². The van der Waals surface area contributed by atoms with E-state index in [1.807, 2.05) is 55.5 Å². The van der Waals surface area contributed by atoms with Crippen LogP contribution in [0.3, 0.4) is 0 Å². The molecule has 0 unspecified atom stereocenters. The molecule has 1 N–H and O–H groups in total. The van der Waals surface area contributed by atoms with Crippen molar-refractivity contribution in [3.63, 3.8) is 0 Å². The Morgan fingerprint density at radius 3 is 2.62 bits per heavy atom. The average molecular weight is 496 g/mol. The summed E-state index contributed by atoms with van der Waals surface area (Å²) in [7, 11) is 0. The number of hydrogen-bond acceptors (Lipinski definition) is 4. The summed E-state index contributed by atoms with van der Waals surface area (Å²) in [5.41, 5.74) is 2.41. The van der Waals surface area contributed by atoms with Gasteiger partial charge in [-0.25, -0.2) is 4.79 Å². The summed E-state index contributed by atoms with van der Waals surface area (Å²) >= 11 is 3.49. The van der Waals surface area contributed by atoms with Crippen LogP contribution in [-0.4, -0.2) is 28.1 Å². The fraction of sp³-hybridized carbons (Fsp3) is 0.200. The molecule has 0 bridgehead atoms. The van der Waals surface area contributed by atoms with Crippen LogP contribution in [0.15, 0.2) is 77.3 Å². The molecule has 1 heterocycles. The molecular weight excluding hydrogens is 474 g/mol. The topological polar surface area (TPSA) is 76.1 Å². The number of ether oxygens (including phenoxy) is 2. The highest BCUT2D eigenvalue weighted by molar-refractivity contribution is 9.10. The number of benzene rings is 3. The second-order valence-corrected chi connectivity index (χ2v) is 8.57. The third-order valence-electron chi connectivity index (χ3n) is 5.36. The maximum Gasteiger partial charge on any atom is 0.411 e. The molecule has 1 aliphatic heterocycles. The summed E-state index contributed by atoms with van der Waals surface area (Å²) in [6, 6.07) is 22.1. The summed E-state index contributed by atoms with van der Waals surface area (Å²) in [6.07, 6.45) is -0.795. The van der Waals surface area contributed by atoms with Crippen LogP contribution >= 0.6 is 15.9 Å². The summed E-state index contributed by atoms with van der Waals surface area (Å²) < 4.78 is 12.6. The number of carbonyl (C=O) groups excluding carboxylic acids is 1. The predicted molar refractivity (Wildman–Crippen MR) is 123 cm³/mol. The summed E-state index contributed by atoms with van der Waals surface area (Å²) in [5.74, 6) is 0.219. The fourth-order valence-corrected chi connectivity index (χ4v) is 4.19. The number of cyclic esters (lactones) is 1. The Balaban J connectivity index is 1.56. The normalized spacial score (nSPS) is 17.8. The second kappa shape index (κ2) is 9.44. The van der Waals surface area contributed by atoms with Gasteiger partial charge >= 0.3 is 12.1 Å². The van der Waals surface area contributed by atoms with E-state index >= 15 is 0 Å². The van der Waals surface area contributed by atoms with Crippen molar-refractivity contribution in [1.29, 1.82) is 0 Å². The molecule has 0 spiro atoms. The molecule has 1 fully saturated rings. The van der Waals surface area contributed by atoms with E-state index < -0.39 is 5.97 Å². The van der Waals surface area contributed by atoms with E-state index in [-0.39, 0.29) is 24.7 Å². The first-order chi connectivity index (χ1) is 15.4. The average Bonchev–Trinajstić information content (AvgIpc) is 3.04. The first-order valence-corrected chi connectivity index (χ1v) is 11.0. The third-order valence-corrected chi connectivity index (χ3v) is 5.86. The minimum Gasteiger partial charge on any atom is -0.481 e. The number of halogens is 1. The van der Waals surface area contributed by atoms with Crippen molar-refractivity contribution >= 4 is 28.0 Å². The van der Waals surface area contributed by atoms with Gasteiger partial charge in [-0.1, -0.05) is 58.4 Å². The molecule has 0 saturated carbocycles. The Bertz CT molecular complexity index is 1130. The number of nitrogens with zero attached hydrogens (tertiary/aromatic N) is 1. The maximum atomic E-state index is 12.7. The lowest BCUT2D eigenvalue weighted by Crippen LogP contribution is -2.31. The molecule has 0 radical (unpaired) electrons. The molecular formula is C25H22BrNO5. The van der Waals surface area contributed by atoms with Crippen molar-refractivity contribution in [2.75, 3.05) is 0 Å². The van der Waals surface area contributed by atoms with E-state index in [4.69, 9.17) is 14.6 Å². The highest BCUT2D eigenvalue weighted by atomic mass is 79.9. The van der Waals surface area contributed by atoms with Gasteiger partial charge < -0.3 is 14.6 Å². The van der Waals surface area contributed by atoms with Gasteiger partial charge in [0.2, 0.25) is 0 Å². The number of rotatable bonds is 7. The second-order valence-electron chi connectivity index (χ2n) is 7.66. The number of carboxylic acids is 1. The van der Waals surface area contributed by atoms with E-state index in [9.17, 15) is 9.59 Å². The third kappa shape index (κ3) is 4.94. The van der Waals surface area contributed by atoms with Crippen molar-refractivity contribution < 1.29 is 24.2 Å². The Morgan fingerprint density at radius 1 is 1.09 bits per heavy atom. The Kier molecular flexibility index (Phi) is 6.46. The first-order valence-electron chi connectivity index (χ1n) is 10.2. The van der Waals surface area contributed by atoms with Crippen LogP contribution < -0.4 is 4.74 Å². The molecule has 1 amide bonds. The van der Waals surface area contributed by atoms with Crippen molar-refractivity contribution in [3.8, 4) is 11.5 Å². The van der Waals surface area contributed by atoms with Crippen molar-refractivity contribution in [1.82, 2.24) is 4.90 Å². The molecule has 1 aliphatic rings. The zero-order valence-electron chi connectivity index (χ0n) is 17.4. The van der Waals surface area contributed by atoms with E-state index in [0.717, 1.165) is 15.6 Å². The SMILES string of the molecule is C[C@@H]1[C@H](c2ccccc2)OC(=O)N1Cc1cc(Br)ccc1Oc1cccc(CC(=O)O)c1. The van der Waals surface area contributed by atoms with Gasteiger partial charge in [-0.3, -0.25) is 9.69 Å². The monoisotopic (exact) mass is 495 g/mol. The van der Waals surface area contributed by atoms with Crippen LogP contribution in [0, 0.1) is 0 Å². The minimum atomic E-state index is -0.902. The van der Waals surface area contributed by atoms with E-state index in [1.54, 1.807) is 29.2 Å². The van der Waals surface area contributed by atoms with Gasteiger partial charge in [-0.15, -0.1) is 0 Å². The lowest BCUT2D eigenvalue weighted by molar-refractivity contribution is -0.136. The van der Waals surface area contributed by atoms with Gasteiger partial charge in [-0.05, 0) is 48.4 Å². The lowest BCUT2D eigenvalue weighted by Gasteiger charge is -2.22. The van der Waals surface area contributed by atoms with Crippen molar-refractivity contribution in [2.24, 2.45) is 0 Å². The Labute approximate surface area is 194 Å². The van der Waals surface area contributed by atoms with E-state index in [2.05, 4.69) is 15.9 Å². The fourth-order valence-electron chi connectivity index (χ4n) is 3.78. The first kappa shape index (κ1) is 21.9. The molecule has 164 valence electrons. The molecule has 2 atom stereocenters. The van der Waals surface area contributed by atoms with Crippen LogP contribution in [0.1, 0.15) is 29.7 Å². The number of amides is 1. The van der Waals surface area contributed by atoms with Gasteiger partial charge in [0.05, 0.1) is 19.0 Å². The number of aliphatic carboxylic acids is 1. The van der Waals surface area contributed by atoms with Crippen LogP contribution in [0.5, 0.6) is 11.5 Å². The quantitative estimate of drug-likeness (QED) is 0.438. The highest BCUT2D eigenvalue weighted by Gasteiger charge is 2.39. The molecule has 3 aromatic carbocycles. The van der Waals surface area contributed by atoms with Gasteiger partial charge in [0, 0.05) is 10.0 Å². The summed E-state index contributed by atoms with van der Waals surface area (Å²) in [4.78, 5) is 25.4. The van der Waals surface area contributed by atoms with Crippen LogP contribution in [-0.2, 0) is 22.5 Å². The van der Waals surface area contributed by atoms with E-state index in [0.29, 0.717) is 23.6 Å². The zero-order chi connectivity index (χ0) is 22.7. The Morgan fingerprint density at radius 2 is 1.88 bits per heavy atom. The minimum absolute atomic E-state index is 0.0809. The van der Waals surface area contributed by atoms with Crippen molar-refractivity contribution in [2.45, 2.75) is 32.0 Å². The largest absolute Gasteiger partial charge is 0.481 e. The number of carboxylic acid groups (broad SMARTS) is 1. The number of hydrogen-bond donors (Lipinski definition) is 1. The van der Waals surface area contributed by atoms with Crippen LogP contribution in [0.25, 0.3) is 0 Å². The smallest absolute Gasteiger partial charge is 0.411 e. The van der Waals surface area contributed by atoms with Crippen LogP contribution in [0.4, 0.5) is 4.79 Å². The number of carbonyl (C=O) groups is 2. The summed E-state index contributed by atoms with van der Waals surface area (Å²) in [5, 5.41) is 9.04. The molecule has 32 heavy (non-hydrogen) atoms. The van der Waals surface area contributed by atoms with Gasteiger partial charge in [-0.2, -0.15) is 0 Å². The zero-order valence-corrected chi connectivity index (χ0v) is 19.0. The van der Waals surface area contributed by atoms with Crippen molar-refractivity contribution in [3.05, 3.63) is 94.0 Å². The molecule has 4 rings (SSSR count). The highest BCUT2D eigenvalue weighted by Crippen LogP contribution is 2.36. The standard InChI is InChI=1S/C25H22BrNO5/c1-16-24(18-7-3-2-4-8-18)32-25(30)27(16)15-19-14-20(26)10-11-22(19)31-21-9-5-6-17(12-21)13-23(28)29/h2-12,14,16,24H,13,15H2,1H3,(H,28,29)/t16-,24-/m1/s1. The van der Waals surface area contributed by atoms with Crippen LogP contribution in [0.2, 0.25) is 0 Å². The van der Waals surface area contributed by atoms with Gasteiger partial charge in [0.1, 0.15) is 17.6 Å². The van der Waals surface area contributed by atoms with Gasteiger partial charge in [0.25, 0.3) is 0 Å². The van der Waals surface area contributed by atoms with E-state index in [1.165, 1.54) is 0 Å². The maximum absolute atomic E-state index is 12.7. The molecule has 0 aliphatic carbocycles. The Hall–Kier alpha value is -3.32. The molecule has 0 aromatic heterocycles. The molecule has 1 saturated heterocycles. The summed E-state index contributed by atoms with van der Waals surface area (Å²) in [6.45, 7) is 2.28. The lowest BCUT2D eigenvalue weighted by atomic mass is 10.0. The predicted octanol–water partition coefficient (Wildman–Crippen LogP) is 5.95. The molecule has 6 nitrogen and oxygen atoms in total.